The normalized spacial score (nSPS) is 15.9. The van der Waals surface area contributed by atoms with Gasteiger partial charge in [-0.3, -0.25) is 9.88 Å². The van der Waals surface area contributed by atoms with Crippen molar-refractivity contribution in [3.63, 3.8) is 0 Å². The van der Waals surface area contributed by atoms with Gasteiger partial charge < -0.3 is 9.67 Å². The zero-order valence-electron chi connectivity index (χ0n) is 16.5. The van der Waals surface area contributed by atoms with E-state index in [4.69, 9.17) is 0 Å². The van der Waals surface area contributed by atoms with E-state index < -0.39 is 18.0 Å². The molecule has 5 rings (SSSR count). The molecule has 8 heteroatoms. The third kappa shape index (κ3) is 3.07. The SMILES string of the molecule is Cc1nc2c(c3cc(C(O)NC4CC4)ccc3n2-c2ccc(C(F)(F)F)cc2)n1C. The van der Waals surface area contributed by atoms with Gasteiger partial charge >= 0.3 is 6.18 Å². The molecule has 5 nitrogen and oxygen atoms in total. The van der Waals surface area contributed by atoms with Crippen LogP contribution in [0, 0.1) is 6.92 Å². The lowest BCUT2D eigenvalue weighted by Crippen LogP contribution is -2.22. The minimum atomic E-state index is -4.38. The number of rotatable bonds is 4. The number of benzene rings is 2. The topological polar surface area (TPSA) is 55.0 Å². The van der Waals surface area contributed by atoms with Crippen molar-refractivity contribution in [2.75, 3.05) is 0 Å². The molecule has 0 aliphatic heterocycles. The summed E-state index contributed by atoms with van der Waals surface area (Å²) in [6.07, 6.45) is -3.02. The van der Waals surface area contributed by atoms with E-state index >= 15 is 0 Å². The summed E-state index contributed by atoms with van der Waals surface area (Å²) in [4.78, 5) is 4.66. The van der Waals surface area contributed by atoms with Crippen molar-refractivity contribution in [3.05, 3.63) is 59.4 Å². The van der Waals surface area contributed by atoms with Crippen LogP contribution in [0.5, 0.6) is 0 Å². The Balaban J connectivity index is 1.69. The molecule has 0 bridgehead atoms. The highest BCUT2D eigenvalue weighted by atomic mass is 19.4. The molecule has 30 heavy (non-hydrogen) atoms. The Morgan fingerprint density at radius 2 is 1.83 bits per heavy atom. The standard InChI is InChI=1S/C22H21F3N4O/c1-12-26-20-19(28(12)2)17-11-13(21(30)27-15-6-7-15)3-10-18(17)29(20)16-8-4-14(5-9-16)22(23,24)25/h3-5,8-11,15,21,27,30H,6-7H2,1-2H3. The largest absolute Gasteiger partial charge is 0.416 e. The molecule has 1 atom stereocenters. The van der Waals surface area contributed by atoms with Gasteiger partial charge in [0, 0.05) is 24.2 Å². The van der Waals surface area contributed by atoms with E-state index in [0.29, 0.717) is 17.4 Å². The molecule has 1 unspecified atom stereocenters. The summed E-state index contributed by atoms with van der Waals surface area (Å²) in [6.45, 7) is 1.89. The van der Waals surface area contributed by atoms with Gasteiger partial charge in [-0.05, 0) is 61.7 Å². The van der Waals surface area contributed by atoms with E-state index in [-0.39, 0.29) is 0 Å². The van der Waals surface area contributed by atoms with Crippen molar-refractivity contribution in [1.29, 1.82) is 0 Å². The second-order valence-corrected chi connectivity index (χ2v) is 7.89. The van der Waals surface area contributed by atoms with E-state index in [1.54, 1.807) is 0 Å². The fraction of sp³-hybridized carbons (Fsp3) is 0.318. The molecule has 0 spiro atoms. The number of aliphatic hydroxyl groups excluding tert-OH is 1. The summed E-state index contributed by atoms with van der Waals surface area (Å²) < 4.78 is 42.8. The third-order valence-electron chi connectivity index (χ3n) is 5.77. The van der Waals surface area contributed by atoms with Crippen molar-refractivity contribution in [2.45, 2.75) is 38.2 Å². The second-order valence-electron chi connectivity index (χ2n) is 7.89. The van der Waals surface area contributed by atoms with Crippen LogP contribution in [0.3, 0.4) is 0 Å². The van der Waals surface area contributed by atoms with Crippen LogP contribution >= 0.6 is 0 Å². The summed E-state index contributed by atoms with van der Waals surface area (Å²) in [5, 5.41) is 14.6. The maximum atomic E-state index is 13.0. The smallest absolute Gasteiger partial charge is 0.374 e. The highest BCUT2D eigenvalue weighted by Crippen LogP contribution is 2.35. The van der Waals surface area contributed by atoms with Crippen molar-refractivity contribution in [3.8, 4) is 5.69 Å². The lowest BCUT2D eigenvalue weighted by molar-refractivity contribution is -0.137. The first kappa shape index (κ1) is 19.1. The number of aromatic nitrogens is 3. The molecule has 2 aromatic heterocycles. The minimum Gasteiger partial charge on any atom is -0.374 e. The molecule has 2 aromatic carbocycles. The Kier molecular flexibility index (Phi) is 4.20. The molecular weight excluding hydrogens is 393 g/mol. The van der Waals surface area contributed by atoms with Crippen molar-refractivity contribution >= 4 is 22.1 Å². The van der Waals surface area contributed by atoms with Crippen LogP contribution in [-0.4, -0.2) is 25.3 Å². The summed E-state index contributed by atoms with van der Waals surface area (Å²) in [6, 6.07) is 11.1. The first-order valence-corrected chi connectivity index (χ1v) is 9.83. The van der Waals surface area contributed by atoms with E-state index in [9.17, 15) is 18.3 Å². The number of nitrogens with one attached hydrogen (secondary N) is 1. The summed E-state index contributed by atoms with van der Waals surface area (Å²) in [7, 11) is 1.91. The van der Waals surface area contributed by atoms with E-state index in [2.05, 4.69) is 10.3 Å². The number of aryl methyl sites for hydroxylation is 2. The fourth-order valence-electron chi connectivity index (χ4n) is 3.90. The van der Waals surface area contributed by atoms with E-state index in [1.807, 2.05) is 41.3 Å². The quantitative estimate of drug-likeness (QED) is 0.481. The second kappa shape index (κ2) is 6.58. The molecule has 2 N–H and O–H groups in total. The highest BCUT2D eigenvalue weighted by Gasteiger charge is 2.30. The molecule has 0 radical (unpaired) electrons. The minimum absolute atomic E-state index is 0.353. The Labute approximate surface area is 170 Å². The Morgan fingerprint density at radius 3 is 2.47 bits per heavy atom. The first-order valence-electron chi connectivity index (χ1n) is 9.83. The Morgan fingerprint density at radius 1 is 1.13 bits per heavy atom. The number of hydrogen-bond acceptors (Lipinski definition) is 3. The average Bonchev–Trinajstić information content (AvgIpc) is 3.39. The first-order chi connectivity index (χ1) is 14.2. The number of halogens is 3. The number of hydrogen-bond donors (Lipinski definition) is 2. The highest BCUT2D eigenvalue weighted by molar-refractivity contribution is 6.06. The van der Waals surface area contributed by atoms with E-state index in [1.165, 1.54) is 12.1 Å². The molecule has 1 saturated carbocycles. The van der Waals surface area contributed by atoms with Gasteiger partial charge in [-0.15, -0.1) is 0 Å². The maximum absolute atomic E-state index is 13.0. The number of fused-ring (bicyclic) bond motifs is 3. The van der Waals surface area contributed by atoms with Gasteiger partial charge in [0.25, 0.3) is 0 Å². The predicted molar refractivity (Wildman–Crippen MR) is 108 cm³/mol. The van der Waals surface area contributed by atoms with Crippen LogP contribution in [-0.2, 0) is 13.2 Å². The van der Waals surface area contributed by atoms with Gasteiger partial charge in [-0.2, -0.15) is 13.2 Å². The van der Waals surface area contributed by atoms with Gasteiger partial charge in [-0.1, -0.05) is 6.07 Å². The molecule has 1 fully saturated rings. The van der Waals surface area contributed by atoms with Crippen LogP contribution < -0.4 is 5.32 Å². The van der Waals surface area contributed by atoms with Crippen molar-refractivity contribution in [2.24, 2.45) is 7.05 Å². The van der Waals surface area contributed by atoms with Crippen LogP contribution in [0.15, 0.2) is 42.5 Å². The number of aliphatic hydroxyl groups is 1. The van der Waals surface area contributed by atoms with Crippen LogP contribution in [0.25, 0.3) is 27.8 Å². The fourth-order valence-corrected chi connectivity index (χ4v) is 3.90. The van der Waals surface area contributed by atoms with Gasteiger partial charge in [-0.25, -0.2) is 4.98 Å². The summed E-state index contributed by atoms with van der Waals surface area (Å²) >= 11 is 0. The third-order valence-corrected chi connectivity index (χ3v) is 5.77. The molecule has 2 heterocycles. The Bertz CT molecular complexity index is 1250. The van der Waals surface area contributed by atoms with Crippen molar-refractivity contribution < 1.29 is 18.3 Å². The lowest BCUT2D eigenvalue weighted by Gasteiger charge is -2.13. The summed E-state index contributed by atoms with van der Waals surface area (Å²) in [5.41, 5.74) is 3.04. The molecule has 0 saturated heterocycles. The molecular formula is C22H21F3N4O. The molecule has 156 valence electrons. The molecule has 0 amide bonds. The predicted octanol–water partition coefficient (Wildman–Crippen LogP) is 4.59. The van der Waals surface area contributed by atoms with Crippen molar-refractivity contribution in [1.82, 2.24) is 19.4 Å². The zero-order valence-corrected chi connectivity index (χ0v) is 16.5. The van der Waals surface area contributed by atoms with Gasteiger partial charge in [0.1, 0.15) is 12.1 Å². The van der Waals surface area contributed by atoms with Gasteiger partial charge in [0.2, 0.25) is 0 Å². The maximum Gasteiger partial charge on any atom is 0.416 e. The van der Waals surface area contributed by atoms with Crippen LogP contribution in [0.1, 0.15) is 36.0 Å². The number of imidazole rings is 1. The number of nitrogens with zero attached hydrogens (tertiary/aromatic N) is 3. The van der Waals surface area contributed by atoms with Gasteiger partial charge in [0.05, 0.1) is 16.6 Å². The molecule has 4 aromatic rings. The van der Waals surface area contributed by atoms with Crippen LogP contribution in [0.2, 0.25) is 0 Å². The molecule has 1 aliphatic carbocycles. The zero-order chi connectivity index (χ0) is 21.2. The lowest BCUT2D eigenvalue weighted by atomic mass is 10.1. The average molecular weight is 414 g/mol. The van der Waals surface area contributed by atoms with Gasteiger partial charge in [0.15, 0.2) is 5.65 Å². The number of alkyl halides is 3. The summed E-state index contributed by atoms with van der Waals surface area (Å²) in [5.74, 6) is 0.796. The molecule has 1 aliphatic rings. The van der Waals surface area contributed by atoms with Crippen LogP contribution in [0.4, 0.5) is 13.2 Å². The monoisotopic (exact) mass is 414 g/mol. The van der Waals surface area contributed by atoms with E-state index in [0.717, 1.165) is 52.8 Å². The Hall–Kier alpha value is -2.84.